The van der Waals surface area contributed by atoms with Crippen molar-refractivity contribution < 1.29 is 18.0 Å². The van der Waals surface area contributed by atoms with Gasteiger partial charge < -0.3 is 0 Å². The van der Waals surface area contributed by atoms with Gasteiger partial charge in [-0.3, -0.25) is 14.6 Å². The molecule has 2 aliphatic rings. The second kappa shape index (κ2) is 7.57. The molecule has 5 rings (SSSR count). The van der Waals surface area contributed by atoms with Crippen molar-refractivity contribution in [2.75, 3.05) is 6.54 Å². The summed E-state index contributed by atoms with van der Waals surface area (Å²) in [5.41, 5.74) is 0.494. The van der Waals surface area contributed by atoms with Crippen molar-refractivity contribution in [1.82, 2.24) is 9.29 Å². The van der Waals surface area contributed by atoms with E-state index in [1.165, 1.54) is 16.7 Å². The van der Waals surface area contributed by atoms with Crippen LogP contribution in [0.2, 0.25) is 0 Å². The molecule has 1 saturated heterocycles. The molecule has 33 heavy (non-hydrogen) atoms. The molecule has 0 radical (unpaired) electrons. The number of benzene rings is 2. The van der Waals surface area contributed by atoms with E-state index in [9.17, 15) is 18.0 Å². The highest BCUT2D eigenvalue weighted by atomic mass is 32.2. The molecular weight excluding hydrogens is 436 g/mol. The van der Waals surface area contributed by atoms with Gasteiger partial charge in [-0.25, -0.2) is 8.42 Å². The summed E-state index contributed by atoms with van der Waals surface area (Å²) >= 11 is 0. The highest BCUT2D eigenvalue weighted by Crippen LogP contribution is 2.59. The Hall–Kier alpha value is -3.42. The van der Waals surface area contributed by atoms with Crippen LogP contribution in [0.1, 0.15) is 37.9 Å². The predicted octanol–water partition coefficient (Wildman–Crippen LogP) is 4.00. The second-order valence-electron chi connectivity index (χ2n) is 8.49. The molecular formula is C26H22N2O4S. The van der Waals surface area contributed by atoms with Crippen molar-refractivity contribution in [3.05, 3.63) is 108 Å². The average Bonchev–Trinajstić information content (AvgIpc) is 3.30. The summed E-state index contributed by atoms with van der Waals surface area (Å²) in [6.45, 7) is 5.73. The van der Waals surface area contributed by atoms with E-state index in [0.717, 1.165) is 5.56 Å². The first-order valence-electron chi connectivity index (χ1n) is 10.6. The molecule has 166 valence electrons. The van der Waals surface area contributed by atoms with E-state index in [1.54, 1.807) is 66.7 Å². The smallest absolute Gasteiger partial charge is 0.243 e. The molecule has 0 N–H and O–H groups in total. The first-order valence-corrected chi connectivity index (χ1v) is 12.1. The van der Waals surface area contributed by atoms with E-state index in [1.807, 2.05) is 6.92 Å². The minimum Gasteiger partial charge on any atom is -0.293 e. The summed E-state index contributed by atoms with van der Waals surface area (Å²) in [6, 6.07) is 15.5. The number of nitrogens with zero attached hydrogens (tertiary/aromatic N) is 2. The molecule has 3 aromatic rings. The Bertz CT molecular complexity index is 1350. The number of sulfonamides is 1. The van der Waals surface area contributed by atoms with E-state index >= 15 is 0 Å². The number of Topliss-reactive ketones (excluding diaryl/α,β-unsaturated/α-hetero) is 2. The van der Waals surface area contributed by atoms with Crippen LogP contribution < -0.4 is 0 Å². The Labute approximate surface area is 192 Å². The number of hydrogen-bond acceptors (Lipinski definition) is 5. The number of fused-ring (bicyclic) bond motifs is 1. The molecule has 6 nitrogen and oxygen atoms in total. The third-order valence-corrected chi connectivity index (χ3v) is 8.63. The van der Waals surface area contributed by atoms with E-state index in [-0.39, 0.29) is 23.0 Å². The van der Waals surface area contributed by atoms with Gasteiger partial charge in [-0.2, -0.15) is 4.31 Å². The lowest BCUT2D eigenvalue weighted by Gasteiger charge is -2.34. The van der Waals surface area contributed by atoms with Crippen LogP contribution >= 0.6 is 0 Å². The number of aromatic nitrogens is 1. The van der Waals surface area contributed by atoms with E-state index in [2.05, 4.69) is 11.6 Å². The molecule has 1 spiro atoms. The highest BCUT2D eigenvalue weighted by molar-refractivity contribution is 7.89. The Morgan fingerprint density at radius 1 is 0.970 bits per heavy atom. The number of rotatable bonds is 4. The summed E-state index contributed by atoms with van der Waals surface area (Å²) in [5, 5.41) is 0. The van der Waals surface area contributed by atoms with Crippen LogP contribution in [0.5, 0.6) is 0 Å². The number of carbonyl (C=O) groups is 2. The van der Waals surface area contributed by atoms with Crippen LogP contribution in [0.15, 0.2) is 90.6 Å². The number of ketones is 2. The Morgan fingerprint density at radius 3 is 2.09 bits per heavy atom. The number of hydrogen-bond donors (Lipinski definition) is 0. The molecule has 2 heterocycles. The molecule has 2 aromatic carbocycles. The molecule has 0 bridgehead atoms. The second-order valence-corrected chi connectivity index (χ2v) is 10.4. The molecule has 1 aromatic heterocycles. The monoisotopic (exact) mass is 458 g/mol. The van der Waals surface area contributed by atoms with Gasteiger partial charge in [0.05, 0.1) is 10.9 Å². The summed E-state index contributed by atoms with van der Waals surface area (Å²) in [7, 11) is -4.03. The van der Waals surface area contributed by atoms with Gasteiger partial charge in [0.2, 0.25) is 10.0 Å². The zero-order valence-corrected chi connectivity index (χ0v) is 18.8. The van der Waals surface area contributed by atoms with Gasteiger partial charge in [0, 0.05) is 36.0 Å². The molecule has 1 aliphatic carbocycles. The SMILES string of the molecule is C=C[C@@H]1CN(S(=O)(=O)c2ccc(C)cc2)[C@@H](c2ccncc2)C12C(=O)c1ccccc1C2=O. The maximum absolute atomic E-state index is 13.9. The van der Waals surface area contributed by atoms with Gasteiger partial charge in [-0.1, -0.05) is 48.0 Å². The topological polar surface area (TPSA) is 84.4 Å². The van der Waals surface area contributed by atoms with Crippen molar-refractivity contribution in [2.45, 2.75) is 17.9 Å². The molecule has 2 atom stereocenters. The third kappa shape index (κ3) is 2.89. The fourth-order valence-corrected chi connectivity index (χ4v) is 6.88. The summed E-state index contributed by atoms with van der Waals surface area (Å²) in [4.78, 5) is 32.0. The molecule has 0 unspecified atom stereocenters. The Morgan fingerprint density at radius 2 is 1.55 bits per heavy atom. The Kier molecular flexibility index (Phi) is 4.92. The van der Waals surface area contributed by atoms with Crippen LogP contribution in [0.4, 0.5) is 0 Å². The highest BCUT2D eigenvalue weighted by Gasteiger charge is 2.68. The lowest BCUT2D eigenvalue weighted by Crippen LogP contribution is -2.44. The van der Waals surface area contributed by atoms with E-state index in [0.29, 0.717) is 16.7 Å². The van der Waals surface area contributed by atoms with Crippen molar-refractivity contribution >= 4 is 21.6 Å². The largest absolute Gasteiger partial charge is 0.293 e. The first-order chi connectivity index (χ1) is 15.8. The average molecular weight is 459 g/mol. The zero-order valence-electron chi connectivity index (χ0n) is 18.0. The maximum atomic E-state index is 13.9. The zero-order chi connectivity index (χ0) is 23.4. The van der Waals surface area contributed by atoms with Crippen molar-refractivity contribution in [3.63, 3.8) is 0 Å². The summed E-state index contributed by atoms with van der Waals surface area (Å²) in [5.74, 6) is -1.42. The molecule has 0 saturated carbocycles. The van der Waals surface area contributed by atoms with Crippen LogP contribution in [-0.4, -0.2) is 35.8 Å². The van der Waals surface area contributed by atoms with Gasteiger partial charge in [0.25, 0.3) is 0 Å². The quantitative estimate of drug-likeness (QED) is 0.436. The van der Waals surface area contributed by atoms with Gasteiger partial charge in [-0.15, -0.1) is 6.58 Å². The van der Waals surface area contributed by atoms with E-state index < -0.39 is 27.4 Å². The van der Waals surface area contributed by atoms with Crippen molar-refractivity contribution in [3.8, 4) is 0 Å². The van der Waals surface area contributed by atoms with Crippen LogP contribution in [0.25, 0.3) is 0 Å². The predicted molar refractivity (Wildman–Crippen MR) is 123 cm³/mol. The van der Waals surface area contributed by atoms with Crippen molar-refractivity contribution in [1.29, 1.82) is 0 Å². The van der Waals surface area contributed by atoms with Crippen LogP contribution in [0.3, 0.4) is 0 Å². The fourth-order valence-electron chi connectivity index (χ4n) is 5.20. The number of pyridine rings is 1. The van der Waals surface area contributed by atoms with Gasteiger partial charge >= 0.3 is 0 Å². The minimum absolute atomic E-state index is 0.0296. The molecule has 7 heteroatoms. The standard InChI is InChI=1S/C26H22N2O4S/c1-3-19-16-28(33(31,32)20-10-8-17(2)9-11-20)23(18-12-14-27-15-13-18)26(19)24(29)21-6-4-5-7-22(21)25(26)30/h3-15,19,23H,1,16H2,2H3/t19-,23+/m1/s1. The van der Waals surface area contributed by atoms with Gasteiger partial charge in [-0.05, 0) is 36.8 Å². The summed E-state index contributed by atoms with van der Waals surface area (Å²) < 4.78 is 29.0. The molecule has 1 aliphatic heterocycles. The minimum atomic E-state index is -4.03. The van der Waals surface area contributed by atoms with Crippen LogP contribution in [0, 0.1) is 18.3 Å². The van der Waals surface area contributed by atoms with Gasteiger partial charge in [0.15, 0.2) is 11.6 Å². The summed E-state index contributed by atoms with van der Waals surface area (Å²) in [6.07, 6.45) is 4.62. The lowest BCUT2D eigenvalue weighted by atomic mass is 9.67. The first kappa shape index (κ1) is 21.4. The molecule has 1 fully saturated rings. The molecule has 0 amide bonds. The van der Waals surface area contributed by atoms with Crippen molar-refractivity contribution in [2.24, 2.45) is 11.3 Å². The number of carbonyl (C=O) groups excluding carboxylic acids is 2. The van der Waals surface area contributed by atoms with Crippen LogP contribution in [-0.2, 0) is 10.0 Å². The van der Waals surface area contributed by atoms with Gasteiger partial charge in [0.1, 0.15) is 5.41 Å². The fraction of sp³-hybridized carbons (Fsp3) is 0.192. The normalized spacial score (nSPS) is 22.0. The number of aryl methyl sites for hydroxylation is 1. The maximum Gasteiger partial charge on any atom is 0.243 e. The van der Waals surface area contributed by atoms with E-state index in [4.69, 9.17) is 0 Å². The lowest BCUT2D eigenvalue weighted by molar-refractivity contribution is 0.0611. The third-order valence-electron chi connectivity index (χ3n) is 6.78. The Balaban J connectivity index is 1.77.